The maximum Gasteiger partial charge on any atom is 0.119 e. The van der Waals surface area contributed by atoms with E-state index in [1.54, 1.807) is 19.2 Å². The number of nitrogens with zero attached hydrogens (tertiary/aromatic N) is 3. The van der Waals surface area contributed by atoms with E-state index in [1.165, 1.54) is 0 Å². The molecule has 0 radical (unpaired) electrons. The molecule has 4 heteroatoms. The molecule has 23 heavy (non-hydrogen) atoms. The maximum atomic E-state index is 8.81. The summed E-state index contributed by atoms with van der Waals surface area (Å²) in [5.41, 5.74) is 3.45. The van der Waals surface area contributed by atoms with Gasteiger partial charge in [-0.2, -0.15) is 5.26 Å². The van der Waals surface area contributed by atoms with Crippen LogP contribution in [0.1, 0.15) is 11.3 Å². The third-order valence-electron chi connectivity index (χ3n) is 3.47. The number of hydrogen-bond donors (Lipinski definition) is 0. The predicted octanol–water partition coefficient (Wildman–Crippen LogP) is 4.11. The molecular formula is C19H15N3O. The van der Waals surface area contributed by atoms with Gasteiger partial charge in [-0.25, -0.2) is 0 Å². The van der Waals surface area contributed by atoms with Crippen LogP contribution < -0.4 is 4.74 Å². The van der Waals surface area contributed by atoms with Crippen molar-refractivity contribution in [3.63, 3.8) is 0 Å². The summed E-state index contributed by atoms with van der Waals surface area (Å²) in [7, 11) is 1.65. The quantitative estimate of drug-likeness (QED) is 0.681. The van der Waals surface area contributed by atoms with Gasteiger partial charge in [0.1, 0.15) is 5.75 Å². The van der Waals surface area contributed by atoms with Gasteiger partial charge in [-0.05, 0) is 60.7 Å². The molecule has 0 saturated heterocycles. The molecule has 1 heterocycles. The van der Waals surface area contributed by atoms with Crippen molar-refractivity contribution in [2.24, 2.45) is 4.99 Å². The molecule has 1 aromatic heterocycles. The highest BCUT2D eigenvalue weighted by atomic mass is 16.5. The van der Waals surface area contributed by atoms with Crippen molar-refractivity contribution in [3.8, 4) is 17.5 Å². The molecule has 0 saturated carbocycles. The van der Waals surface area contributed by atoms with Crippen molar-refractivity contribution >= 4 is 11.9 Å². The first-order valence-corrected chi connectivity index (χ1v) is 7.16. The molecule has 0 fully saturated rings. The number of hydrogen-bond acceptors (Lipinski definition) is 3. The van der Waals surface area contributed by atoms with Crippen LogP contribution >= 0.6 is 0 Å². The fraction of sp³-hybridized carbons (Fsp3) is 0.0526. The summed E-state index contributed by atoms with van der Waals surface area (Å²) in [5.74, 6) is 0.828. The van der Waals surface area contributed by atoms with Crippen molar-refractivity contribution < 1.29 is 4.74 Å². The van der Waals surface area contributed by atoms with Crippen LogP contribution in [0.2, 0.25) is 0 Å². The molecule has 0 aliphatic heterocycles. The molecule has 0 unspecified atom stereocenters. The van der Waals surface area contributed by atoms with Crippen LogP contribution in [0.3, 0.4) is 0 Å². The van der Waals surface area contributed by atoms with Crippen LogP contribution in [0.25, 0.3) is 5.69 Å². The lowest BCUT2D eigenvalue weighted by atomic mass is 10.2. The van der Waals surface area contributed by atoms with Gasteiger partial charge in [0.15, 0.2) is 0 Å². The van der Waals surface area contributed by atoms with Gasteiger partial charge in [0.2, 0.25) is 0 Å². The fourth-order valence-electron chi connectivity index (χ4n) is 2.24. The van der Waals surface area contributed by atoms with E-state index < -0.39 is 0 Å². The van der Waals surface area contributed by atoms with E-state index in [-0.39, 0.29) is 0 Å². The Morgan fingerprint density at radius 2 is 1.78 bits per heavy atom. The minimum Gasteiger partial charge on any atom is -0.497 e. The van der Waals surface area contributed by atoms with Gasteiger partial charge in [-0.15, -0.1) is 0 Å². The normalized spacial score (nSPS) is 10.6. The lowest BCUT2D eigenvalue weighted by molar-refractivity contribution is 0.415. The largest absolute Gasteiger partial charge is 0.497 e. The number of rotatable bonds is 4. The third-order valence-corrected chi connectivity index (χ3v) is 3.47. The lowest BCUT2D eigenvalue weighted by Gasteiger charge is -2.07. The van der Waals surface area contributed by atoms with Crippen molar-refractivity contribution in [1.29, 1.82) is 5.26 Å². The first-order valence-electron chi connectivity index (χ1n) is 7.16. The summed E-state index contributed by atoms with van der Waals surface area (Å²) in [6.45, 7) is 0. The van der Waals surface area contributed by atoms with E-state index in [1.807, 2.05) is 65.5 Å². The van der Waals surface area contributed by atoms with Crippen LogP contribution in [0.5, 0.6) is 5.75 Å². The minimum atomic E-state index is 0.630. The third kappa shape index (κ3) is 3.30. The first-order chi connectivity index (χ1) is 11.3. The summed E-state index contributed by atoms with van der Waals surface area (Å²) < 4.78 is 7.23. The molecule has 4 nitrogen and oxygen atoms in total. The predicted molar refractivity (Wildman–Crippen MR) is 90.7 cm³/mol. The number of benzene rings is 2. The lowest BCUT2D eigenvalue weighted by Crippen LogP contribution is -1.97. The smallest absolute Gasteiger partial charge is 0.119 e. The molecule has 0 aliphatic carbocycles. The highest BCUT2D eigenvalue weighted by Crippen LogP contribution is 2.18. The van der Waals surface area contributed by atoms with Crippen molar-refractivity contribution in [3.05, 3.63) is 78.1 Å². The average Bonchev–Trinajstić information content (AvgIpc) is 3.09. The van der Waals surface area contributed by atoms with Crippen molar-refractivity contribution in [1.82, 2.24) is 4.57 Å². The molecule has 112 valence electrons. The van der Waals surface area contributed by atoms with Crippen LogP contribution in [0.15, 0.2) is 71.9 Å². The van der Waals surface area contributed by atoms with Crippen LogP contribution in [-0.4, -0.2) is 17.9 Å². The maximum absolute atomic E-state index is 8.81. The standard InChI is InChI=1S/C19H15N3O/c1-23-19-10-8-17(9-11-19)22-12-2-3-18(22)14-21-16-6-4-15(13-20)5-7-16/h2-12,14H,1H3. The molecule has 0 N–H and O–H groups in total. The zero-order valence-corrected chi connectivity index (χ0v) is 12.7. The minimum absolute atomic E-state index is 0.630. The van der Waals surface area contributed by atoms with E-state index in [0.29, 0.717) is 5.56 Å². The molecule has 0 spiro atoms. The highest BCUT2D eigenvalue weighted by molar-refractivity contribution is 5.81. The number of aliphatic imine (C=N–C) groups is 1. The SMILES string of the molecule is COc1ccc(-n2cccc2C=Nc2ccc(C#N)cc2)cc1. The first kappa shape index (κ1) is 14.6. The van der Waals surface area contributed by atoms with E-state index in [2.05, 4.69) is 11.1 Å². The second kappa shape index (κ2) is 6.63. The van der Waals surface area contributed by atoms with Gasteiger partial charge in [0.05, 0.1) is 36.3 Å². The van der Waals surface area contributed by atoms with Crippen molar-refractivity contribution in [2.45, 2.75) is 0 Å². The Morgan fingerprint density at radius 1 is 1.04 bits per heavy atom. The number of methoxy groups -OCH3 is 1. The molecule has 3 aromatic rings. The summed E-state index contributed by atoms with van der Waals surface area (Å²) in [6.07, 6.45) is 3.80. The Balaban J connectivity index is 1.85. The number of ether oxygens (including phenoxy) is 1. The molecular weight excluding hydrogens is 286 g/mol. The summed E-state index contributed by atoms with van der Waals surface area (Å²) >= 11 is 0. The second-order valence-corrected chi connectivity index (χ2v) is 4.92. The molecule has 0 amide bonds. The topological polar surface area (TPSA) is 50.3 Å². The Bertz CT molecular complexity index is 853. The molecule has 0 bridgehead atoms. The van der Waals surface area contributed by atoms with Gasteiger partial charge >= 0.3 is 0 Å². The summed E-state index contributed by atoms with van der Waals surface area (Å²) in [5, 5.41) is 8.81. The average molecular weight is 301 g/mol. The fourth-order valence-corrected chi connectivity index (χ4v) is 2.24. The highest BCUT2D eigenvalue weighted by Gasteiger charge is 2.01. The van der Waals surface area contributed by atoms with Gasteiger partial charge in [-0.1, -0.05) is 0 Å². The van der Waals surface area contributed by atoms with Crippen molar-refractivity contribution in [2.75, 3.05) is 7.11 Å². The van der Waals surface area contributed by atoms with E-state index >= 15 is 0 Å². The van der Waals surface area contributed by atoms with E-state index in [4.69, 9.17) is 10.00 Å². The van der Waals surface area contributed by atoms with Crippen LogP contribution in [-0.2, 0) is 0 Å². The van der Waals surface area contributed by atoms with Crippen LogP contribution in [0.4, 0.5) is 5.69 Å². The molecule has 3 rings (SSSR count). The summed E-state index contributed by atoms with van der Waals surface area (Å²) in [4.78, 5) is 4.46. The Hall–Kier alpha value is -3.32. The Morgan fingerprint density at radius 3 is 2.43 bits per heavy atom. The summed E-state index contributed by atoms with van der Waals surface area (Å²) in [6, 6.07) is 21.1. The van der Waals surface area contributed by atoms with Gasteiger partial charge in [0.25, 0.3) is 0 Å². The van der Waals surface area contributed by atoms with Crippen LogP contribution in [0, 0.1) is 11.3 Å². The zero-order valence-electron chi connectivity index (χ0n) is 12.7. The molecule has 0 aliphatic rings. The Kier molecular flexibility index (Phi) is 4.21. The molecule has 2 aromatic carbocycles. The van der Waals surface area contributed by atoms with Gasteiger partial charge in [0, 0.05) is 11.9 Å². The number of nitriles is 1. The number of aromatic nitrogens is 1. The van der Waals surface area contributed by atoms with E-state index in [0.717, 1.165) is 22.8 Å². The van der Waals surface area contributed by atoms with Gasteiger partial charge in [-0.3, -0.25) is 4.99 Å². The Labute approximate surface area is 134 Å². The van der Waals surface area contributed by atoms with Gasteiger partial charge < -0.3 is 9.30 Å². The second-order valence-electron chi connectivity index (χ2n) is 4.92. The zero-order chi connectivity index (χ0) is 16.1. The van der Waals surface area contributed by atoms with E-state index in [9.17, 15) is 0 Å². The monoisotopic (exact) mass is 301 g/mol. The molecule has 0 atom stereocenters.